The summed E-state index contributed by atoms with van der Waals surface area (Å²) in [4.78, 5) is 0. The Kier molecular flexibility index (Phi) is 10.0. The minimum absolute atomic E-state index is 0.726. The van der Waals surface area contributed by atoms with Gasteiger partial charge in [-0.1, -0.05) is 189 Å². The van der Waals surface area contributed by atoms with E-state index in [9.17, 15) is 0 Å². The van der Waals surface area contributed by atoms with Crippen LogP contribution in [0.15, 0.2) is 207 Å². The van der Waals surface area contributed by atoms with Crippen LogP contribution in [-0.2, 0) is 0 Å². The Labute approximate surface area is 354 Å². The third-order valence-electron chi connectivity index (χ3n) is 11.4. The fourth-order valence-electron chi connectivity index (χ4n) is 8.61. The molecule has 10 aromatic carbocycles. The molecule has 60 heavy (non-hydrogen) atoms. The maximum absolute atomic E-state index is 7.52. The summed E-state index contributed by atoms with van der Waals surface area (Å²) in [6.07, 6.45) is 3.77. The summed E-state index contributed by atoms with van der Waals surface area (Å²) >= 11 is 0. The lowest BCUT2D eigenvalue weighted by molar-refractivity contribution is 0.487. The molecule has 0 aliphatic carbocycles. The van der Waals surface area contributed by atoms with E-state index in [2.05, 4.69) is 211 Å². The van der Waals surface area contributed by atoms with Crippen LogP contribution < -0.4 is 25.2 Å². The van der Waals surface area contributed by atoms with Gasteiger partial charge in [0.25, 0.3) is 0 Å². The van der Waals surface area contributed by atoms with E-state index in [0.29, 0.717) is 0 Å². The first kappa shape index (κ1) is 37.5. The summed E-state index contributed by atoms with van der Waals surface area (Å²) < 4.78 is 13.6. The number of hydrogen-bond donors (Lipinski definition) is 0. The largest absolute Gasteiger partial charge is 0.480 e. The highest BCUT2D eigenvalue weighted by Crippen LogP contribution is 2.51. The molecule has 1 unspecified atom stereocenters. The molecule has 0 radical (unpaired) electrons. The highest BCUT2D eigenvalue weighted by molar-refractivity contribution is 7.80. The average Bonchev–Trinajstić information content (AvgIpc) is 3.31. The van der Waals surface area contributed by atoms with Crippen molar-refractivity contribution < 1.29 is 9.26 Å². The van der Waals surface area contributed by atoms with E-state index in [0.717, 1.165) is 77.4 Å². The van der Waals surface area contributed by atoms with Crippen LogP contribution in [0.25, 0.3) is 77.5 Å². The van der Waals surface area contributed by atoms with Crippen LogP contribution >= 0.6 is 17.4 Å². The van der Waals surface area contributed by atoms with E-state index in [-0.39, 0.29) is 0 Å². The summed E-state index contributed by atoms with van der Waals surface area (Å²) in [6.45, 7) is 8.11. The molecule has 0 aromatic heterocycles. The molecule has 1 atom stereocenters. The monoisotopic (exact) mass is 806 g/mol. The first-order chi connectivity index (χ1) is 29.6. The Morgan fingerprint density at radius 1 is 0.383 bits per heavy atom. The van der Waals surface area contributed by atoms with Gasteiger partial charge < -0.3 is 9.26 Å². The van der Waals surface area contributed by atoms with E-state index in [4.69, 9.17) is 9.26 Å². The minimum Gasteiger partial charge on any atom is -0.480 e. The second-order valence-corrected chi connectivity index (χ2v) is 17.2. The molecule has 0 fully saturated rings. The van der Waals surface area contributed by atoms with Crippen molar-refractivity contribution in [3.63, 3.8) is 0 Å². The van der Waals surface area contributed by atoms with Crippen molar-refractivity contribution in [1.82, 2.24) is 0 Å². The van der Waals surface area contributed by atoms with Gasteiger partial charge in [0.15, 0.2) is 0 Å². The van der Waals surface area contributed by atoms with Gasteiger partial charge >= 0.3 is 0 Å². The number of ether oxygens (including phenoxy) is 1. The Balaban J connectivity index is 1.29. The van der Waals surface area contributed by atoms with Gasteiger partial charge in [0.05, 0.1) is 9.47 Å². The van der Waals surface area contributed by atoms with Gasteiger partial charge in [0, 0.05) is 22.3 Å². The zero-order valence-corrected chi connectivity index (χ0v) is 34.9. The SMILES string of the molecule is C=Cc1ccc2c(-c3c(Oc4ccc5ccccc5c4-c4c(P(c5ccccc5)c5ccccc5)ccc5ccccc45)ccc4cc(C=C)ccc34)c(OP)ccc2c1. The average molecular weight is 807 g/mol. The quantitative estimate of drug-likeness (QED) is 0.128. The molecule has 4 heteroatoms. The summed E-state index contributed by atoms with van der Waals surface area (Å²) in [6, 6.07) is 69.6. The molecule has 0 saturated heterocycles. The molecule has 0 saturated carbocycles. The van der Waals surface area contributed by atoms with Crippen molar-refractivity contribution >= 4 is 88.5 Å². The fourth-order valence-corrected chi connectivity index (χ4v) is 11.3. The topological polar surface area (TPSA) is 18.5 Å². The van der Waals surface area contributed by atoms with Gasteiger partial charge in [-0.3, -0.25) is 0 Å². The van der Waals surface area contributed by atoms with E-state index >= 15 is 0 Å². The molecule has 0 heterocycles. The summed E-state index contributed by atoms with van der Waals surface area (Å²) in [5.74, 6) is 2.23. The van der Waals surface area contributed by atoms with Crippen LogP contribution in [0.3, 0.4) is 0 Å². The molecule has 0 N–H and O–H groups in total. The van der Waals surface area contributed by atoms with E-state index in [1.807, 2.05) is 18.2 Å². The van der Waals surface area contributed by atoms with E-state index < -0.39 is 7.92 Å². The maximum Gasteiger partial charge on any atom is 0.136 e. The molecule has 286 valence electrons. The van der Waals surface area contributed by atoms with Gasteiger partial charge in [-0.05, 0) is 108 Å². The Hall–Kier alpha value is -6.82. The Morgan fingerprint density at radius 3 is 1.33 bits per heavy atom. The van der Waals surface area contributed by atoms with Crippen LogP contribution in [0.4, 0.5) is 0 Å². The third-order valence-corrected chi connectivity index (χ3v) is 14.1. The second-order valence-electron chi connectivity index (χ2n) is 14.8. The van der Waals surface area contributed by atoms with Gasteiger partial charge in [0.1, 0.15) is 17.2 Å². The molecule has 10 rings (SSSR count). The number of benzene rings is 10. The number of hydrogen-bond acceptors (Lipinski definition) is 2. The summed E-state index contributed by atoms with van der Waals surface area (Å²) in [7, 11) is 1.49. The zero-order valence-electron chi connectivity index (χ0n) is 32.9. The van der Waals surface area contributed by atoms with Crippen LogP contribution in [-0.4, -0.2) is 0 Å². The lowest BCUT2D eigenvalue weighted by atomic mass is 9.90. The van der Waals surface area contributed by atoms with E-state index in [1.54, 1.807) is 0 Å². The van der Waals surface area contributed by atoms with Crippen LogP contribution in [0, 0.1) is 0 Å². The predicted molar refractivity (Wildman–Crippen MR) is 263 cm³/mol. The van der Waals surface area contributed by atoms with Crippen molar-refractivity contribution in [2.75, 3.05) is 0 Å². The lowest BCUT2D eigenvalue weighted by Gasteiger charge is -2.26. The Bertz CT molecular complexity index is 3230. The lowest BCUT2D eigenvalue weighted by Crippen LogP contribution is -2.22. The van der Waals surface area contributed by atoms with E-state index in [1.165, 1.54) is 32.2 Å². The zero-order chi connectivity index (χ0) is 40.6. The van der Waals surface area contributed by atoms with Crippen LogP contribution in [0.1, 0.15) is 11.1 Å². The molecular weight excluding hydrogens is 767 g/mol. The molecule has 0 bridgehead atoms. The second kappa shape index (κ2) is 16.1. The number of rotatable bonds is 10. The molecule has 10 aromatic rings. The first-order valence-electron chi connectivity index (χ1n) is 20.0. The van der Waals surface area contributed by atoms with Crippen molar-refractivity contribution in [1.29, 1.82) is 0 Å². The van der Waals surface area contributed by atoms with Crippen molar-refractivity contribution in [3.05, 3.63) is 218 Å². The van der Waals surface area contributed by atoms with Gasteiger partial charge in [-0.25, -0.2) is 0 Å². The molecule has 0 spiro atoms. The van der Waals surface area contributed by atoms with Gasteiger partial charge in [0.2, 0.25) is 0 Å². The normalized spacial score (nSPS) is 11.4. The van der Waals surface area contributed by atoms with Crippen molar-refractivity contribution in [2.45, 2.75) is 0 Å². The third kappa shape index (κ3) is 6.65. The first-order valence-corrected chi connectivity index (χ1v) is 21.8. The smallest absolute Gasteiger partial charge is 0.136 e. The van der Waals surface area contributed by atoms with Gasteiger partial charge in [-0.2, -0.15) is 0 Å². The molecular formula is C56H40O2P2. The summed E-state index contributed by atoms with van der Waals surface area (Å²) in [5.41, 5.74) is 6.24. The molecule has 0 aliphatic heterocycles. The van der Waals surface area contributed by atoms with Crippen LogP contribution in [0.2, 0.25) is 0 Å². The van der Waals surface area contributed by atoms with Gasteiger partial charge in [-0.15, -0.1) is 0 Å². The fraction of sp³-hybridized carbons (Fsp3) is 0. The van der Waals surface area contributed by atoms with Crippen molar-refractivity contribution in [3.8, 4) is 39.5 Å². The predicted octanol–water partition coefficient (Wildman–Crippen LogP) is 14.6. The molecule has 0 amide bonds. The highest BCUT2D eigenvalue weighted by atomic mass is 31.1. The number of fused-ring (bicyclic) bond motifs is 4. The van der Waals surface area contributed by atoms with Crippen LogP contribution in [0.5, 0.6) is 17.2 Å². The standard InChI is InChI=1S/C56H40O2P2/c1-3-37-23-29-47-41(35-37)26-32-49(53(47)55-48-30-24-38(4-2)36-42(48)27-33-51(55)58-59)57-50-31-25-39-15-11-13-21-45(39)54(50)56-46-22-14-12-16-40(46)28-34-52(56)60(43-17-7-5-8-18-43)44-19-9-6-10-20-44/h3-36H,1-2,59H2. The maximum atomic E-state index is 7.52. The Morgan fingerprint density at radius 2 is 0.800 bits per heavy atom. The molecule has 0 aliphatic rings. The summed E-state index contributed by atoms with van der Waals surface area (Å²) in [5, 5.41) is 12.7. The van der Waals surface area contributed by atoms with Crippen molar-refractivity contribution in [2.24, 2.45) is 0 Å². The minimum atomic E-state index is -0.982. The molecule has 2 nitrogen and oxygen atoms in total. The highest BCUT2D eigenvalue weighted by Gasteiger charge is 2.27.